The lowest BCUT2D eigenvalue weighted by Crippen LogP contribution is -2.38. The fraction of sp³-hybridized carbons (Fsp3) is 0.318. The number of hydrogen-bond acceptors (Lipinski definition) is 7. The molecule has 1 aromatic carbocycles. The second-order valence-electron chi connectivity index (χ2n) is 7.24. The number of aryl methyl sites for hydroxylation is 1. The Bertz CT molecular complexity index is 1030. The first-order chi connectivity index (χ1) is 15.1. The van der Waals surface area contributed by atoms with Crippen molar-refractivity contribution in [2.75, 3.05) is 43.0 Å². The van der Waals surface area contributed by atoms with Gasteiger partial charge in [-0.05, 0) is 37.6 Å². The minimum Gasteiger partial charge on any atom is -0.484 e. The summed E-state index contributed by atoms with van der Waals surface area (Å²) in [4.78, 5) is 33.4. The highest BCUT2D eigenvalue weighted by Gasteiger charge is 2.21. The molecule has 4 rings (SSSR count). The predicted molar refractivity (Wildman–Crippen MR) is 119 cm³/mol. The minimum atomic E-state index is -0.345. The number of nitrogens with one attached hydrogen (secondary N) is 1. The molecule has 162 valence electrons. The molecule has 3 aromatic rings. The number of anilines is 2. The van der Waals surface area contributed by atoms with Gasteiger partial charge in [0.2, 0.25) is 0 Å². The molecule has 1 N–H and O–H groups in total. The van der Waals surface area contributed by atoms with Crippen molar-refractivity contribution in [3.05, 3.63) is 59.5 Å². The molecule has 0 spiro atoms. The molecule has 2 amide bonds. The third kappa shape index (κ3) is 5.43. The van der Waals surface area contributed by atoms with Crippen molar-refractivity contribution in [3.63, 3.8) is 0 Å². The van der Waals surface area contributed by atoms with Gasteiger partial charge in [0.15, 0.2) is 17.5 Å². The summed E-state index contributed by atoms with van der Waals surface area (Å²) in [5, 5.41) is 5.80. The Hall–Kier alpha value is -3.33. The number of aromatic nitrogens is 1. The van der Waals surface area contributed by atoms with Crippen LogP contribution in [0.25, 0.3) is 0 Å². The van der Waals surface area contributed by atoms with Gasteiger partial charge in [-0.1, -0.05) is 6.07 Å². The Morgan fingerprint density at radius 3 is 2.87 bits per heavy atom. The summed E-state index contributed by atoms with van der Waals surface area (Å²) in [5.41, 5.74) is 1.59. The molecule has 3 heterocycles. The van der Waals surface area contributed by atoms with E-state index in [1.807, 2.05) is 17.2 Å². The first-order valence-electron chi connectivity index (χ1n) is 10.1. The van der Waals surface area contributed by atoms with Crippen LogP contribution in [0.1, 0.15) is 22.7 Å². The van der Waals surface area contributed by atoms with Crippen molar-refractivity contribution in [2.45, 2.75) is 13.3 Å². The van der Waals surface area contributed by atoms with Gasteiger partial charge in [0, 0.05) is 43.3 Å². The maximum Gasteiger partial charge on any atom is 0.291 e. The SMILES string of the molecule is Cc1csc(N2CCCN(C(=O)COc3cccc(NC(=O)c4ccco4)c3)CC2)n1. The summed E-state index contributed by atoms with van der Waals surface area (Å²) in [6.45, 7) is 4.92. The van der Waals surface area contributed by atoms with Crippen molar-refractivity contribution < 1.29 is 18.7 Å². The summed E-state index contributed by atoms with van der Waals surface area (Å²) in [5.74, 6) is 0.342. The summed E-state index contributed by atoms with van der Waals surface area (Å²) in [6.07, 6.45) is 2.33. The van der Waals surface area contributed by atoms with E-state index in [9.17, 15) is 9.59 Å². The van der Waals surface area contributed by atoms with E-state index in [0.717, 1.165) is 30.3 Å². The van der Waals surface area contributed by atoms with Gasteiger partial charge in [0.1, 0.15) is 5.75 Å². The van der Waals surface area contributed by atoms with Crippen LogP contribution in [-0.4, -0.2) is 54.5 Å². The van der Waals surface area contributed by atoms with Gasteiger partial charge in [-0.15, -0.1) is 11.3 Å². The van der Waals surface area contributed by atoms with Crippen LogP contribution in [0.4, 0.5) is 10.8 Å². The quantitative estimate of drug-likeness (QED) is 0.632. The normalized spacial score (nSPS) is 14.2. The Morgan fingerprint density at radius 1 is 1.19 bits per heavy atom. The number of carbonyl (C=O) groups is 2. The molecule has 0 saturated carbocycles. The molecule has 9 heteroatoms. The number of furan rings is 1. The number of benzene rings is 1. The molecule has 1 aliphatic rings. The van der Waals surface area contributed by atoms with Crippen molar-refractivity contribution in [2.24, 2.45) is 0 Å². The minimum absolute atomic E-state index is 0.0497. The molecular weight excluding hydrogens is 416 g/mol. The molecule has 1 saturated heterocycles. The first kappa shape index (κ1) is 20.9. The maximum absolute atomic E-state index is 12.7. The van der Waals surface area contributed by atoms with E-state index in [4.69, 9.17) is 9.15 Å². The zero-order valence-corrected chi connectivity index (χ0v) is 18.1. The third-order valence-electron chi connectivity index (χ3n) is 4.93. The van der Waals surface area contributed by atoms with E-state index in [1.54, 1.807) is 47.7 Å². The van der Waals surface area contributed by atoms with Gasteiger partial charge in [0.05, 0.1) is 12.0 Å². The second kappa shape index (κ2) is 9.65. The number of carbonyl (C=O) groups excluding carboxylic acids is 2. The molecule has 0 atom stereocenters. The van der Waals surface area contributed by atoms with Crippen LogP contribution >= 0.6 is 11.3 Å². The molecule has 0 radical (unpaired) electrons. The number of nitrogens with zero attached hydrogens (tertiary/aromatic N) is 3. The molecule has 31 heavy (non-hydrogen) atoms. The van der Waals surface area contributed by atoms with Crippen LogP contribution in [0.15, 0.2) is 52.5 Å². The van der Waals surface area contributed by atoms with Crippen molar-refractivity contribution in [3.8, 4) is 5.75 Å². The lowest BCUT2D eigenvalue weighted by atomic mass is 10.3. The van der Waals surface area contributed by atoms with E-state index in [2.05, 4.69) is 15.2 Å². The molecule has 8 nitrogen and oxygen atoms in total. The largest absolute Gasteiger partial charge is 0.484 e. The van der Waals surface area contributed by atoms with Gasteiger partial charge in [-0.3, -0.25) is 9.59 Å². The Morgan fingerprint density at radius 2 is 2.10 bits per heavy atom. The molecule has 2 aromatic heterocycles. The van der Waals surface area contributed by atoms with Crippen molar-refractivity contribution in [1.29, 1.82) is 0 Å². The van der Waals surface area contributed by atoms with E-state index in [0.29, 0.717) is 24.5 Å². The van der Waals surface area contributed by atoms with Crippen LogP contribution < -0.4 is 15.0 Å². The van der Waals surface area contributed by atoms with Gasteiger partial charge < -0.3 is 24.3 Å². The average molecular weight is 441 g/mol. The summed E-state index contributed by atoms with van der Waals surface area (Å²) >= 11 is 1.64. The van der Waals surface area contributed by atoms with Crippen LogP contribution in [-0.2, 0) is 4.79 Å². The van der Waals surface area contributed by atoms with Crippen molar-refractivity contribution in [1.82, 2.24) is 9.88 Å². The monoisotopic (exact) mass is 440 g/mol. The topological polar surface area (TPSA) is 87.9 Å². The van der Waals surface area contributed by atoms with Gasteiger partial charge in [-0.2, -0.15) is 0 Å². The highest BCUT2D eigenvalue weighted by molar-refractivity contribution is 7.13. The Balaban J connectivity index is 1.29. The van der Waals surface area contributed by atoms with E-state index in [1.165, 1.54) is 6.26 Å². The fourth-order valence-electron chi connectivity index (χ4n) is 3.35. The number of rotatable bonds is 6. The van der Waals surface area contributed by atoms with Crippen LogP contribution in [0.2, 0.25) is 0 Å². The summed E-state index contributed by atoms with van der Waals surface area (Å²) < 4.78 is 10.8. The van der Waals surface area contributed by atoms with Crippen LogP contribution in [0, 0.1) is 6.92 Å². The molecule has 0 bridgehead atoms. The zero-order valence-electron chi connectivity index (χ0n) is 17.2. The third-order valence-corrected chi connectivity index (χ3v) is 5.94. The molecular formula is C22H24N4O4S. The van der Waals surface area contributed by atoms with Gasteiger partial charge in [-0.25, -0.2) is 4.98 Å². The highest BCUT2D eigenvalue weighted by atomic mass is 32.1. The summed E-state index contributed by atoms with van der Waals surface area (Å²) in [7, 11) is 0. The molecule has 1 aliphatic heterocycles. The van der Waals surface area contributed by atoms with E-state index < -0.39 is 0 Å². The average Bonchev–Trinajstić information content (AvgIpc) is 3.39. The van der Waals surface area contributed by atoms with Crippen molar-refractivity contribution >= 4 is 34.0 Å². The maximum atomic E-state index is 12.7. The fourth-order valence-corrected chi connectivity index (χ4v) is 4.20. The van der Waals surface area contributed by atoms with Gasteiger partial charge >= 0.3 is 0 Å². The smallest absolute Gasteiger partial charge is 0.291 e. The lowest BCUT2D eigenvalue weighted by Gasteiger charge is -2.22. The number of hydrogen-bond donors (Lipinski definition) is 1. The number of thiazole rings is 1. The number of ether oxygens (including phenoxy) is 1. The molecule has 0 unspecified atom stereocenters. The Kier molecular flexibility index (Phi) is 6.51. The Labute approximate surface area is 184 Å². The van der Waals surface area contributed by atoms with Crippen LogP contribution in [0.5, 0.6) is 5.75 Å². The first-order valence-corrected chi connectivity index (χ1v) is 11.0. The standard InChI is InChI=1S/C22H24N4O4S/c1-16-15-31-22(23-16)26-9-4-8-25(10-11-26)20(27)14-30-18-6-2-5-17(13-18)24-21(28)19-7-3-12-29-19/h2-3,5-7,12-13,15H,4,8-11,14H2,1H3,(H,24,28). The van der Waals surface area contributed by atoms with Gasteiger partial charge in [0.25, 0.3) is 11.8 Å². The summed E-state index contributed by atoms with van der Waals surface area (Å²) in [6, 6.07) is 10.2. The predicted octanol–water partition coefficient (Wildman–Crippen LogP) is 3.41. The van der Waals surface area contributed by atoms with E-state index in [-0.39, 0.29) is 24.2 Å². The highest BCUT2D eigenvalue weighted by Crippen LogP contribution is 2.22. The second-order valence-corrected chi connectivity index (χ2v) is 8.08. The lowest BCUT2D eigenvalue weighted by molar-refractivity contribution is -0.133. The zero-order chi connectivity index (χ0) is 21.6. The van der Waals surface area contributed by atoms with Crippen LogP contribution in [0.3, 0.4) is 0 Å². The molecule has 1 fully saturated rings. The molecule has 0 aliphatic carbocycles. The van der Waals surface area contributed by atoms with E-state index >= 15 is 0 Å². The number of amides is 2.